The van der Waals surface area contributed by atoms with E-state index in [4.69, 9.17) is 46.9 Å². The van der Waals surface area contributed by atoms with E-state index in [1.807, 2.05) is 31.2 Å². The van der Waals surface area contributed by atoms with Gasteiger partial charge in [-0.05, 0) is 125 Å². The lowest BCUT2D eigenvalue weighted by molar-refractivity contribution is -0.571. The third-order valence-corrected chi connectivity index (χ3v) is 16.9. The zero-order chi connectivity index (χ0) is 38.7. The first-order valence-electron chi connectivity index (χ1n) is 21.6. The lowest BCUT2D eigenvalue weighted by Crippen LogP contribution is -2.70. The van der Waals surface area contributed by atoms with Crippen molar-refractivity contribution in [1.29, 1.82) is 0 Å². The highest BCUT2D eigenvalue weighted by atomic mass is 32.1. The minimum Gasteiger partial charge on any atom is -0.371 e. The zero-order valence-electron chi connectivity index (χ0n) is 33.9. The Hall–Kier alpha value is -1.56. The monoisotopic (exact) mass is 776 g/mol. The first kappa shape index (κ1) is 38.9. The van der Waals surface area contributed by atoms with Crippen LogP contribution < -0.4 is 0 Å². The van der Waals surface area contributed by atoms with Crippen LogP contribution in [0, 0.1) is 53.3 Å². The molecule has 7 saturated heterocycles. The number of ketones is 1. The van der Waals surface area contributed by atoms with Gasteiger partial charge in [0.15, 0.2) is 17.7 Å². The van der Waals surface area contributed by atoms with Crippen LogP contribution in [0.1, 0.15) is 129 Å². The van der Waals surface area contributed by atoms with Gasteiger partial charge in [0.05, 0.1) is 18.3 Å². The van der Waals surface area contributed by atoms with Gasteiger partial charge >= 0.3 is 0 Å². The molecule has 17 atom stereocenters. The second kappa shape index (κ2) is 14.0. The Morgan fingerprint density at radius 3 is 2.00 bits per heavy atom. The fourth-order valence-corrected chi connectivity index (χ4v) is 13.5. The Bertz CT molecular complexity index is 1590. The maximum atomic E-state index is 14.1. The van der Waals surface area contributed by atoms with Gasteiger partial charge in [0.2, 0.25) is 5.79 Å². The average molecular weight is 777 g/mol. The van der Waals surface area contributed by atoms with E-state index in [1.165, 1.54) is 6.42 Å². The predicted octanol–water partition coefficient (Wildman–Crippen LogP) is 10.0. The van der Waals surface area contributed by atoms with Crippen LogP contribution in [-0.2, 0) is 33.8 Å². The van der Waals surface area contributed by atoms with Crippen molar-refractivity contribution in [2.24, 2.45) is 53.3 Å². The molecule has 0 N–H and O–H groups in total. The molecule has 55 heavy (non-hydrogen) atoms. The Morgan fingerprint density at radius 1 is 0.745 bits per heavy atom. The van der Waals surface area contributed by atoms with E-state index in [2.05, 4.69) is 47.2 Å². The third-order valence-electron chi connectivity index (χ3n) is 16.6. The minimum absolute atomic E-state index is 0.0302. The summed E-state index contributed by atoms with van der Waals surface area (Å²) in [6.45, 7) is 23.1. The van der Waals surface area contributed by atoms with Crippen molar-refractivity contribution in [1.82, 2.24) is 0 Å². The van der Waals surface area contributed by atoms with Crippen molar-refractivity contribution >= 4 is 18.4 Å². The topological polar surface area (TPSA) is 81.7 Å². The molecule has 7 heterocycles. The number of benzene rings is 1. The molecule has 4 bridgehead atoms. The molecule has 10 fully saturated rings. The second-order valence-electron chi connectivity index (χ2n) is 19.9. The molecule has 3 saturated carbocycles. The molecule has 2 spiro atoms. The molecule has 10 aliphatic rings. The van der Waals surface area contributed by atoms with Crippen LogP contribution in [0.3, 0.4) is 0 Å². The van der Waals surface area contributed by atoms with Crippen molar-refractivity contribution in [3.05, 3.63) is 54.1 Å². The molecule has 7 aliphatic heterocycles. The molecule has 11 rings (SSSR count). The third kappa shape index (κ3) is 6.22. The molecule has 3 aliphatic carbocycles. The molecule has 9 heteroatoms. The highest BCUT2D eigenvalue weighted by Crippen LogP contribution is 2.63. The van der Waals surface area contributed by atoms with Gasteiger partial charge in [-0.3, -0.25) is 4.79 Å². The van der Waals surface area contributed by atoms with Crippen molar-refractivity contribution in [3.8, 4) is 0 Å². The summed E-state index contributed by atoms with van der Waals surface area (Å²) in [6, 6.07) is 7.50. The van der Waals surface area contributed by atoms with Crippen molar-refractivity contribution in [2.45, 2.75) is 171 Å². The molecule has 0 aromatic heterocycles. The first-order chi connectivity index (χ1) is 26.2. The van der Waals surface area contributed by atoms with Crippen LogP contribution in [0.4, 0.5) is 0 Å². The number of carbonyl (C=O) groups excluding carboxylic acids is 1. The molecule has 302 valence electrons. The van der Waals surface area contributed by atoms with Crippen LogP contribution >= 0.6 is 12.6 Å². The van der Waals surface area contributed by atoms with E-state index in [0.717, 1.165) is 67.4 Å². The predicted molar refractivity (Wildman–Crippen MR) is 211 cm³/mol. The van der Waals surface area contributed by atoms with Gasteiger partial charge in [-0.2, -0.15) is 0 Å². The number of rotatable bonds is 9. The molecule has 1 aromatic carbocycles. The Kier molecular flexibility index (Phi) is 9.93. The normalized spacial score (nSPS) is 48.9. The highest BCUT2D eigenvalue weighted by molar-refractivity contribution is 7.80. The number of ether oxygens (including phenoxy) is 3. The Labute approximate surface area is 334 Å². The smallest absolute Gasteiger partial charge is 0.201 e. The van der Waals surface area contributed by atoms with Gasteiger partial charge in [-0.1, -0.05) is 64.1 Å². The molecular weight excluding hydrogens is 713 g/mol. The number of Topliss-reactive ketones (excluding diaryl/α,β-unsaturated/α-hetero) is 1. The summed E-state index contributed by atoms with van der Waals surface area (Å²) < 4.78 is 21.0. The molecule has 0 radical (unpaired) electrons. The minimum atomic E-state index is -0.831. The summed E-state index contributed by atoms with van der Waals surface area (Å²) in [5.41, 5.74) is 1.29. The van der Waals surface area contributed by atoms with Gasteiger partial charge < -0.3 is 14.2 Å². The maximum absolute atomic E-state index is 14.1. The summed E-state index contributed by atoms with van der Waals surface area (Å²) in [5.74, 6) is 1.79. The van der Waals surface area contributed by atoms with E-state index in [-0.39, 0.29) is 53.4 Å². The summed E-state index contributed by atoms with van der Waals surface area (Å²) in [7, 11) is 0. The molecule has 8 nitrogen and oxygen atoms in total. The fourth-order valence-electron chi connectivity index (χ4n) is 13.3. The number of hydrogen-bond donors (Lipinski definition) is 1. The van der Waals surface area contributed by atoms with Crippen LogP contribution in [-0.4, -0.2) is 53.0 Å². The summed E-state index contributed by atoms with van der Waals surface area (Å²) in [4.78, 5) is 40.3. The quantitative estimate of drug-likeness (QED) is 0.115. The van der Waals surface area contributed by atoms with Crippen molar-refractivity contribution < 1.29 is 38.6 Å². The number of carbonyl (C=O) groups is 1. The summed E-state index contributed by atoms with van der Waals surface area (Å²) in [5, 5.41) is 0. The average Bonchev–Trinajstić information content (AvgIpc) is 3.53. The van der Waals surface area contributed by atoms with Crippen LogP contribution in [0.5, 0.6) is 0 Å². The zero-order valence-corrected chi connectivity index (χ0v) is 34.8. The number of hydrogen-bond acceptors (Lipinski definition) is 9. The molecule has 0 amide bonds. The molecule has 1 aromatic rings. The van der Waals surface area contributed by atoms with Gasteiger partial charge in [0.25, 0.3) is 0 Å². The Morgan fingerprint density at radius 2 is 1.33 bits per heavy atom. The van der Waals surface area contributed by atoms with Gasteiger partial charge in [0, 0.05) is 41.6 Å². The summed E-state index contributed by atoms with van der Waals surface area (Å²) in [6.07, 6.45) is 10.1. The van der Waals surface area contributed by atoms with Crippen molar-refractivity contribution in [3.63, 3.8) is 0 Å². The molecule has 2 unspecified atom stereocenters. The van der Waals surface area contributed by atoms with E-state index in [0.29, 0.717) is 54.4 Å². The number of thiol groups is 1. The highest BCUT2D eigenvalue weighted by Gasteiger charge is 2.70. The number of fused-ring (bicyclic) bond motifs is 4. The van der Waals surface area contributed by atoms with E-state index in [9.17, 15) is 4.79 Å². The standard InChI is InChI=1S/C46H64O8S/c1-25-9-15-36-29(5)39(48-41-24-43(7)19-17-34(25)45(36,41)53-51-43)21-27(3)33(23-38(47)31-11-13-32(55)14-12-31)28(4)22-40-30(6)37-16-10-26(2)35-18-20-44(8)50-42(49-40)46(35,37)54-52-44/h11-14,25-26,29-30,33-37,39-42,55H,3-4,9-10,15-24H2,1-2,5-8H3/t25-,26-,29-,30-,33?,34+,35+,36+,37+,39-,40-,41-,42?,43+,44+,45-,46-/m1/s1. The van der Waals surface area contributed by atoms with E-state index in [1.54, 1.807) is 0 Å². The van der Waals surface area contributed by atoms with Crippen LogP contribution in [0.2, 0.25) is 0 Å². The van der Waals surface area contributed by atoms with Gasteiger partial charge in [-0.15, -0.1) is 12.6 Å². The largest absolute Gasteiger partial charge is 0.371 e. The van der Waals surface area contributed by atoms with Crippen molar-refractivity contribution in [2.75, 3.05) is 0 Å². The SMILES string of the molecule is C=C(C[C@H]1OC2O[C@]3(C)CC[C@H]4[C@H](C)CC[C@@H]([C@H]1C)[C@@]24OO3)C(CC(=O)c1ccc(S)cc1)C(=C)C[C@H]1O[C@@H]2C[C@]3(C)CC[C@H]4[C@H](C)CC[C@@H]([C@H]1C)[C@@]24OO3. The Balaban J connectivity index is 0.979. The lowest BCUT2D eigenvalue weighted by atomic mass is 9.55. The summed E-state index contributed by atoms with van der Waals surface area (Å²) >= 11 is 4.47. The first-order valence-corrected chi connectivity index (χ1v) is 22.0. The maximum Gasteiger partial charge on any atom is 0.201 e. The van der Waals surface area contributed by atoms with E-state index < -0.39 is 23.3 Å². The van der Waals surface area contributed by atoms with Gasteiger partial charge in [0.1, 0.15) is 11.2 Å². The lowest BCUT2D eigenvalue weighted by Gasteiger charge is -2.61. The fraction of sp³-hybridized carbons (Fsp3) is 0.761. The van der Waals surface area contributed by atoms with Crippen LogP contribution in [0.25, 0.3) is 0 Å². The second-order valence-corrected chi connectivity index (χ2v) is 20.4. The molecular formula is C46H64O8S. The van der Waals surface area contributed by atoms with Crippen LogP contribution in [0.15, 0.2) is 53.5 Å². The van der Waals surface area contributed by atoms with E-state index >= 15 is 0 Å². The van der Waals surface area contributed by atoms with Gasteiger partial charge in [-0.25, -0.2) is 19.6 Å².